The van der Waals surface area contributed by atoms with E-state index in [1.165, 1.54) is 0 Å². The van der Waals surface area contributed by atoms with Crippen LogP contribution in [-0.4, -0.2) is 101 Å². The number of hydrogen-bond donors (Lipinski definition) is 2. The maximum atomic E-state index is 12.0. The van der Waals surface area contributed by atoms with E-state index >= 15 is 0 Å². The van der Waals surface area contributed by atoms with Gasteiger partial charge in [-0.3, -0.25) is 9.59 Å². The first-order valence-electron chi connectivity index (χ1n) is 12.7. The van der Waals surface area contributed by atoms with Gasteiger partial charge in [0.15, 0.2) is 0 Å². The first kappa shape index (κ1) is 33.0. The van der Waals surface area contributed by atoms with Crippen molar-refractivity contribution < 1.29 is 52.7 Å². The molecule has 0 spiro atoms. The smallest absolute Gasteiger partial charge is 0.372 e. The molecule has 0 amide bonds. The lowest BCUT2D eigenvalue weighted by atomic mass is 10.2. The van der Waals surface area contributed by atoms with E-state index in [1.807, 2.05) is 12.1 Å². The summed E-state index contributed by atoms with van der Waals surface area (Å²) in [7, 11) is 0. The average molecular weight is 542 g/mol. The molecule has 12 nitrogen and oxygen atoms in total. The molecule has 0 unspecified atom stereocenters. The Labute approximate surface area is 222 Å². The number of esters is 2. The molecule has 2 N–H and O–H groups in total. The number of carbonyl (C=O) groups excluding carboxylic acids is 3. The van der Waals surface area contributed by atoms with Crippen LogP contribution < -0.4 is 5.32 Å². The summed E-state index contributed by atoms with van der Waals surface area (Å²) in [5.74, 6) is -3.64. The molecule has 0 bridgehead atoms. The third-order valence-electron chi connectivity index (χ3n) is 4.84. The maximum absolute atomic E-state index is 12.0. The Morgan fingerprint density at radius 1 is 0.711 bits per heavy atom. The van der Waals surface area contributed by atoms with Crippen LogP contribution in [0.25, 0.3) is 0 Å². The van der Waals surface area contributed by atoms with Crippen molar-refractivity contribution in [3.8, 4) is 0 Å². The molecule has 0 saturated heterocycles. The topological polar surface area (TPSA) is 156 Å². The van der Waals surface area contributed by atoms with Gasteiger partial charge in [0.1, 0.15) is 13.2 Å². The van der Waals surface area contributed by atoms with Crippen molar-refractivity contribution in [1.29, 1.82) is 0 Å². The normalized spacial score (nSPS) is 10.7. The minimum atomic E-state index is -1.57. The molecule has 1 aromatic rings. The lowest BCUT2D eigenvalue weighted by molar-refractivity contribution is -0.151. The molecule has 12 heteroatoms. The van der Waals surface area contributed by atoms with Crippen molar-refractivity contribution in [1.82, 2.24) is 0 Å². The van der Waals surface area contributed by atoms with Gasteiger partial charge in [0.25, 0.3) is 0 Å². The highest BCUT2D eigenvalue weighted by molar-refractivity contribution is 6.32. The fourth-order valence-corrected chi connectivity index (χ4v) is 2.78. The zero-order valence-corrected chi connectivity index (χ0v) is 21.9. The zero-order valence-electron chi connectivity index (χ0n) is 21.9. The Bertz CT molecular complexity index is 814. The second kappa shape index (κ2) is 22.0. The fraction of sp³-hybridized carbons (Fsp3) is 0.615. The number of Topliss-reactive ketones (excluding diaryl/α,β-unsaturated/α-hetero) is 1. The number of benzene rings is 1. The predicted molar refractivity (Wildman–Crippen MR) is 136 cm³/mol. The minimum Gasteiger partial charge on any atom is -0.476 e. The largest absolute Gasteiger partial charge is 0.476 e. The first-order chi connectivity index (χ1) is 18.4. The molecule has 214 valence electrons. The summed E-state index contributed by atoms with van der Waals surface area (Å²) in [5.41, 5.74) is 1.47. The summed E-state index contributed by atoms with van der Waals surface area (Å²) in [4.78, 5) is 44.6. The summed E-state index contributed by atoms with van der Waals surface area (Å²) in [5, 5.41) is 11.7. The summed E-state index contributed by atoms with van der Waals surface area (Å²) in [6, 6.07) is 7.18. The number of nitrogens with one attached hydrogen (secondary N) is 1. The van der Waals surface area contributed by atoms with Crippen LogP contribution in [0.3, 0.4) is 0 Å². The number of unbranched alkanes of at least 4 members (excludes halogenated alkanes) is 1. The summed E-state index contributed by atoms with van der Waals surface area (Å²) in [6.45, 7) is 5.77. The van der Waals surface area contributed by atoms with Gasteiger partial charge in [0, 0.05) is 18.7 Å². The third kappa shape index (κ3) is 17.4. The monoisotopic (exact) mass is 541 g/mol. The van der Waals surface area contributed by atoms with Gasteiger partial charge in [-0.1, -0.05) is 13.3 Å². The SMILES string of the molecule is CCCCNc1ccc(C(=O)OCCOCCOCCOCCOCCOC(=O)CCC(=O)C(=O)O)cc1. The Balaban J connectivity index is 1.86. The maximum Gasteiger partial charge on any atom is 0.372 e. The molecule has 0 aliphatic carbocycles. The number of ketones is 1. The Hall–Kier alpha value is -3.06. The van der Waals surface area contributed by atoms with Crippen molar-refractivity contribution in [3.05, 3.63) is 29.8 Å². The minimum absolute atomic E-state index is 0.00636. The molecule has 0 aliphatic heterocycles. The molecule has 0 aromatic heterocycles. The van der Waals surface area contributed by atoms with Crippen LogP contribution in [0.4, 0.5) is 5.69 Å². The number of aliphatic carboxylic acids is 1. The highest BCUT2D eigenvalue weighted by Crippen LogP contribution is 2.10. The quantitative estimate of drug-likeness (QED) is 0.112. The molecule has 0 atom stereocenters. The number of carboxylic acid groups (broad SMARTS) is 1. The van der Waals surface area contributed by atoms with Gasteiger partial charge in [0.2, 0.25) is 5.78 Å². The van der Waals surface area contributed by atoms with Gasteiger partial charge < -0.3 is 38.8 Å². The van der Waals surface area contributed by atoms with Gasteiger partial charge >= 0.3 is 17.9 Å². The van der Waals surface area contributed by atoms with E-state index < -0.39 is 23.7 Å². The van der Waals surface area contributed by atoms with E-state index in [9.17, 15) is 19.2 Å². The molecular weight excluding hydrogens is 502 g/mol. The van der Waals surface area contributed by atoms with E-state index in [4.69, 9.17) is 33.5 Å². The molecule has 1 rings (SSSR count). The highest BCUT2D eigenvalue weighted by Gasteiger charge is 2.14. The van der Waals surface area contributed by atoms with Crippen molar-refractivity contribution >= 4 is 29.4 Å². The second-order valence-electron chi connectivity index (χ2n) is 7.89. The fourth-order valence-electron chi connectivity index (χ4n) is 2.78. The molecule has 1 aromatic carbocycles. The first-order valence-corrected chi connectivity index (χ1v) is 12.7. The van der Waals surface area contributed by atoms with Crippen LogP contribution in [0.2, 0.25) is 0 Å². The number of anilines is 1. The molecule has 0 radical (unpaired) electrons. The second-order valence-corrected chi connectivity index (χ2v) is 7.89. The molecular formula is C26H39NO11. The Kier molecular flexibility index (Phi) is 19.1. The number of hydrogen-bond acceptors (Lipinski definition) is 11. The van der Waals surface area contributed by atoms with Crippen molar-refractivity contribution in [2.45, 2.75) is 32.6 Å². The summed E-state index contributed by atoms with van der Waals surface area (Å²) >= 11 is 0. The average Bonchev–Trinajstić information content (AvgIpc) is 2.91. The third-order valence-corrected chi connectivity index (χ3v) is 4.84. The van der Waals surface area contributed by atoms with Gasteiger partial charge in [-0.2, -0.15) is 0 Å². The van der Waals surface area contributed by atoms with E-state index in [2.05, 4.69) is 12.2 Å². The molecule has 0 saturated carbocycles. The number of rotatable bonds is 24. The predicted octanol–water partition coefficient (Wildman–Crippen LogP) is 2.10. The van der Waals surface area contributed by atoms with Gasteiger partial charge in [-0.05, 0) is 30.7 Å². The van der Waals surface area contributed by atoms with E-state index in [0.29, 0.717) is 45.2 Å². The van der Waals surface area contributed by atoms with Crippen LogP contribution in [0.15, 0.2) is 24.3 Å². The van der Waals surface area contributed by atoms with Gasteiger partial charge in [-0.15, -0.1) is 0 Å². The van der Waals surface area contributed by atoms with Crippen molar-refractivity contribution in [2.24, 2.45) is 0 Å². The standard InChI is InChI=1S/C26H39NO11/c1-2-3-10-27-22-6-4-21(5-7-22)26(32)38-20-18-36-16-14-34-12-11-33-13-15-35-17-19-37-24(29)9-8-23(28)25(30)31/h4-7,27H,2-3,8-20H2,1H3,(H,30,31). The molecule has 0 fully saturated rings. The van der Waals surface area contributed by atoms with Gasteiger partial charge in [0.05, 0.1) is 64.8 Å². The lowest BCUT2D eigenvalue weighted by Gasteiger charge is -2.09. The van der Waals surface area contributed by atoms with Crippen LogP contribution in [0.5, 0.6) is 0 Å². The zero-order chi connectivity index (χ0) is 27.8. The molecule has 0 heterocycles. The van der Waals surface area contributed by atoms with E-state index in [1.54, 1.807) is 12.1 Å². The highest BCUT2D eigenvalue weighted by atomic mass is 16.6. The van der Waals surface area contributed by atoms with Gasteiger partial charge in [-0.25, -0.2) is 9.59 Å². The van der Waals surface area contributed by atoms with Crippen molar-refractivity contribution in [2.75, 3.05) is 77.9 Å². The number of carboxylic acids is 1. The van der Waals surface area contributed by atoms with Crippen LogP contribution in [0, 0.1) is 0 Å². The van der Waals surface area contributed by atoms with Crippen LogP contribution >= 0.6 is 0 Å². The van der Waals surface area contributed by atoms with Crippen molar-refractivity contribution in [3.63, 3.8) is 0 Å². The molecule has 38 heavy (non-hydrogen) atoms. The lowest BCUT2D eigenvalue weighted by Crippen LogP contribution is -2.17. The van der Waals surface area contributed by atoms with E-state index in [0.717, 1.165) is 25.1 Å². The summed E-state index contributed by atoms with van der Waals surface area (Å²) < 4.78 is 31.4. The number of ether oxygens (including phenoxy) is 6. The Morgan fingerprint density at radius 3 is 1.71 bits per heavy atom. The van der Waals surface area contributed by atoms with Crippen LogP contribution in [-0.2, 0) is 42.8 Å². The summed E-state index contributed by atoms with van der Waals surface area (Å²) in [6.07, 6.45) is 1.55. The van der Waals surface area contributed by atoms with E-state index in [-0.39, 0.29) is 39.3 Å². The number of carbonyl (C=O) groups is 4. The van der Waals surface area contributed by atoms with Crippen LogP contribution in [0.1, 0.15) is 43.0 Å². The molecule has 0 aliphatic rings. The Morgan fingerprint density at radius 2 is 1.21 bits per heavy atom.